The number of nitrogens with two attached hydrogens (primary N) is 1. The van der Waals surface area contributed by atoms with Gasteiger partial charge >= 0.3 is 0 Å². The Kier molecular flexibility index (Phi) is 2.87. The van der Waals surface area contributed by atoms with Crippen LogP contribution in [0, 0.1) is 13.8 Å². The summed E-state index contributed by atoms with van der Waals surface area (Å²) in [6, 6.07) is 6.29. The van der Waals surface area contributed by atoms with Gasteiger partial charge in [0, 0.05) is 25.4 Å². The Labute approximate surface area is 118 Å². The molecule has 0 aliphatic heterocycles. The third-order valence-corrected chi connectivity index (χ3v) is 4.03. The monoisotopic (exact) mass is 269 g/mol. The topological polar surface area (TPSA) is 61.7 Å². The lowest BCUT2D eigenvalue weighted by molar-refractivity contribution is 0.774. The molecule has 5 nitrogen and oxygen atoms in total. The zero-order chi connectivity index (χ0) is 14.4. The van der Waals surface area contributed by atoms with Crippen molar-refractivity contribution in [3.05, 3.63) is 35.5 Å². The first-order valence-electron chi connectivity index (χ1n) is 6.68. The molecule has 3 aromatic rings. The van der Waals surface area contributed by atoms with Crippen molar-refractivity contribution in [1.29, 1.82) is 0 Å². The minimum absolute atomic E-state index is 0.447. The zero-order valence-electron chi connectivity index (χ0n) is 12.3. The molecule has 0 bridgehead atoms. The molecule has 0 aliphatic rings. The highest BCUT2D eigenvalue weighted by Gasteiger charge is 2.13. The molecule has 3 rings (SSSR count). The fourth-order valence-electron chi connectivity index (χ4n) is 2.56. The van der Waals surface area contributed by atoms with Gasteiger partial charge in [-0.2, -0.15) is 0 Å². The van der Waals surface area contributed by atoms with E-state index in [-0.39, 0.29) is 0 Å². The third kappa shape index (κ3) is 1.74. The fraction of sp³-hybridized carbons (Fsp3) is 0.333. The highest BCUT2D eigenvalue weighted by Crippen LogP contribution is 2.26. The SMILES string of the molecule is Cc1c(-c2ccc3c(c2)nc(C)n3C)nc(CN)n1C. The maximum Gasteiger partial charge on any atom is 0.123 e. The Morgan fingerprint density at radius 1 is 1.10 bits per heavy atom. The highest BCUT2D eigenvalue weighted by atomic mass is 15.1. The first kappa shape index (κ1) is 12.9. The van der Waals surface area contributed by atoms with Gasteiger partial charge in [0.15, 0.2) is 0 Å². The highest BCUT2D eigenvalue weighted by molar-refractivity contribution is 5.82. The minimum Gasteiger partial charge on any atom is -0.334 e. The molecule has 0 saturated heterocycles. The van der Waals surface area contributed by atoms with E-state index in [2.05, 4.69) is 39.7 Å². The number of hydrogen-bond donors (Lipinski definition) is 1. The summed E-state index contributed by atoms with van der Waals surface area (Å²) in [5, 5.41) is 0. The van der Waals surface area contributed by atoms with Gasteiger partial charge in [-0.05, 0) is 26.0 Å². The molecular formula is C15H19N5. The van der Waals surface area contributed by atoms with Crippen molar-refractivity contribution >= 4 is 11.0 Å². The Bertz CT molecular complexity index is 794. The van der Waals surface area contributed by atoms with Crippen LogP contribution in [-0.2, 0) is 20.6 Å². The second kappa shape index (κ2) is 4.45. The van der Waals surface area contributed by atoms with Crippen molar-refractivity contribution in [2.24, 2.45) is 19.8 Å². The Morgan fingerprint density at radius 2 is 1.85 bits per heavy atom. The first-order chi connectivity index (χ1) is 9.52. The molecule has 0 radical (unpaired) electrons. The van der Waals surface area contributed by atoms with Crippen LogP contribution in [0.2, 0.25) is 0 Å². The van der Waals surface area contributed by atoms with E-state index >= 15 is 0 Å². The van der Waals surface area contributed by atoms with E-state index in [0.717, 1.165) is 39.6 Å². The Morgan fingerprint density at radius 3 is 2.50 bits per heavy atom. The normalized spacial score (nSPS) is 11.4. The van der Waals surface area contributed by atoms with Gasteiger partial charge in [-0.3, -0.25) is 0 Å². The lowest BCUT2D eigenvalue weighted by Gasteiger charge is -2.02. The van der Waals surface area contributed by atoms with Gasteiger partial charge in [0.2, 0.25) is 0 Å². The number of benzene rings is 1. The third-order valence-electron chi connectivity index (χ3n) is 4.03. The smallest absolute Gasteiger partial charge is 0.123 e. The Hall–Kier alpha value is -2.14. The van der Waals surface area contributed by atoms with Crippen LogP contribution < -0.4 is 5.73 Å². The summed E-state index contributed by atoms with van der Waals surface area (Å²) in [6.07, 6.45) is 0. The van der Waals surface area contributed by atoms with Crippen LogP contribution in [0.1, 0.15) is 17.3 Å². The summed E-state index contributed by atoms with van der Waals surface area (Å²) in [4.78, 5) is 9.22. The summed E-state index contributed by atoms with van der Waals surface area (Å²) in [7, 11) is 4.03. The maximum atomic E-state index is 5.73. The van der Waals surface area contributed by atoms with Crippen molar-refractivity contribution in [3.8, 4) is 11.3 Å². The molecule has 0 aliphatic carbocycles. The van der Waals surface area contributed by atoms with E-state index in [9.17, 15) is 0 Å². The lowest BCUT2D eigenvalue weighted by atomic mass is 10.1. The predicted molar refractivity (Wildman–Crippen MR) is 80.3 cm³/mol. The van der Waals surface area contributed by atoms with Gasteiger partial charge in [-0.1, -0.05) is 6.07 Å². The molecule has 1 aromatic carbocycles. The molecular weight excluding hydrogens is 250 g/mol. The molecule has 0 atom stereocenters. The number of aryl methyl sites for hydroxylation is 2. The van der Waals surface area contributed by atoms with Gasteiger partial charge in [0.1, 0.15) is 11.6 Å². The van der Waals surface area contributed by atoms with Gasteiger partial charge in [0.05, 0.1) is 23.3 Å². The second-order valence-electron chi connectivity index (χ2n) is 5.15. The maximum absolute atomic E-state index is 5.73. The molecule has 2 N–H and O–H groups in total. The zero-order valence-corrected chi connectivity index (χ0v) is 12.3. The number of rotatable bonds is 2. The first-order valence-corrected chi connectivity index (χ1v) is 6.68. The number of fused-ring (bicyclic) bond motifs is 1. The van der Waals surface area contributed by atoms with Crippen molar-refractivity contribution in [2.45, 2.75) is 20.4 Å². The second-order valence-corrected chi connectivity index (χ2v) is 5.15. The lowest BCUT2D eigenvalue weighted by Crippen LogP contribution is -2.05. The van der Waals surface area contributed by atoms with Crippen LogP contribution in [0.15, 0.2) is 18.2 Å². The van der Waals surface area contributed by atoms with E-state index in [4.69, 9.17) is 5.73 Å². The number of nitrogens with zero attached hydrogens (tertiary/aromatic N) is 4. The van der Waals surface area contributed by atoms with Gasteiger partial charge in [-0.15, -0.1) is 0 Å². The molecule has 2 aromatic heterocycles. The number of imidazole rings is 2. The predicted octanol–water partition coefficient (Wildman–Crippen LogP) is 2.05. The van der Waals surface area contributed by atoms with Crippen molar-refractivity contribution < 1.29 is 0 Å². The van der Waals surface area contributed by atoms with Gasteiger partial charge in [0.25, 0.3) is 0 Å². The fourth-order valence-corrected chi connectivity index (χ4v) is 2.56. The molecule has 5 heteroatoms. The van der Waals surface area contributed by atoms with E-state index in [1.807, 2.05) is 25.6 Å². The van der Waals surface area contributed by atoms with E-state index in [0.29, 0.717) is 6.54 Å². The van der Waals surface area contributed by atoms with E-state index < -0.39 is 0 Å². The molecule has 0 unspecified atom stereocenters. The van der Waals surface area contributed by atoms with E-state index in [1.165, 1.54) is 0 Å². The largest absolute Gasteiger partial charge is 0.334 e. The molecule has 0 amide bonds. The summed E-state index contributed by atoms with van der Waals surface area (Å²) in [6.45, 7) is 4.52. The molecule has 104 valence electrons. The van der Waals surface area contributed by atoms with Crippen molar-refractivity contribution in [2.75, 3.05) is 0 Å². The van der Waals surface area contributed by atoms with Crippen LogP contribution in [0.3, 0.4) is 0 Å². The average molecular weight is 269 g/mol. The summed E-state index contributed by atoms with van der Waals surface area (Å²) >= 11 is 0. The van der Waals surface area contributed by atoms with Crippen LogP contribution in [0.25, 0.3) is 22.3 Å². The van der Waals surface area contributed by atoms with Crippen molar-refractivity contribution in [1.82, 2.24) is 19.1 Å². The number of hydrogen-bond acceptors (Lipinski definition) is 3. The quantitative estimate of drug-likeness (QED) is 0.774. The Balaban J connectivity index is 2.20. The minimum atomic E-state index is 0.447. The molecule has 0 saturated carbocycles. The summed E-state index contributed by atoms with van der Waals surface area (Å²) in [5.41, 5.74) is 11.1. The molecule has 0 fully saturated rings. The van der Waals surface area contributed by atoms with Crippen LogP contribution in [0.4, 0.5) is 0 Å². The number of aromatic nitrogens is 4. The van der Waals surface area contributed by atoms with Crippen molar-refractivity contribution in [3.63, 3.8) is 0 Å². The molecule has 0 spiro atoms. The molecule has 20 heavy (non-hydrogen) atoms. The van der Waals surface area contributed by atoms with Crippen LogP contribution >= 0.6 is 0 Å². The summed E-state index contributed by atoms with van der Waals surface area (Å²) < 4.78 is 4.14. The van der Waals surface area contributed by atoms with Crippen LogP contribution in [-0.4, -0.2) is 19.1 Å². The standard InChI is InChI=1S/C15H19N5/c1-9-15(18-14(8-16)19(9)3)11-5-6-13-12(7-11)17-10(2)20(13)4/h5-7H,8,16H2,1-4H3. The van der Waals surface area contributed by atoms with Crippen LogP contribution in [0.5, 0.6) is 0 Å². The van der Waals surface area contributed by atoms with E-state index in [1.54, 1.807) is 0 Å². The summed E-state index contributed by atoms with van der Waals surface area (Å²) in [5.74, 6) is 1.91. The molecule has 2 heterocycles. The average Bonchev–Trinajstić information content (AvgIpc) is 2.89. The van der Waals surface area contributed by atoms with Gasteiger partial charge in [-0.25, -0.2) is 9.97 Å². The van der Waals surface area contributed by atoms with Gasteiger partial charge < -0.3 is 14.9 Å².